The van der Waals surface area contributed by atoms with Crippen molar-refractivity contribution >= 4 is 22.4 Å². The fraction of sp³-hybridized carbons (Fsp3) is 0.273. The topological polar surface area (TPSA) is 98.2 Å². The Morgan fingerprint density at radius 1 is 1.11 bits per heavy atom. The highest BCUT2D eigenvalue weighted by Crippen LogP contribution is 2.51. The molecule has 1 atom stereocenters. The first-order chi connectivity index (χ1) is 13.3. The number of benzene rings is 2. The summed E-state index contributed by atoms with van der Waals surface area (Å²) in [6.45, 7) is 4.21. The van der Waals surface area contributed by atoms with Gasteiger partial charge in [-0.1, -0.05) is 19.9 Å². The number of aromatic hydroxyl groups is 2. The van der Waals surface area contributed by atoms with E-state index in [1.807, 2.05) is 12.1 Å². The Hall–Kier alpha value is -3.28. The maximum absolute atomic E-state index is 13.2. The predicted octanol–water partition coefficient (Wildman–Crippen LogP) is 4.17. The van der Waals surface area contributed by atoms with Crippen molar-refractivity contribution in [1.29, 1.82) is 0 Å². The van der Waals surface area contributed by atoms with Gasteiger partial charge in [0.1, 0.15) is 0 Å². The molecular formula is C22H21N3O3. The molecule has 0 saturated carbocycles. The highest BCUT2D eigenvalue weighted by atomic mass is 16.3. The van der Waals surface area contributed by atoms with Gasteiger partial charge in [0.05, 0.1) is 11.7 Å². The number of ketones is 1. The van der Waals surface area contributed by atoms with Gasteiger partial charge in [-0.05, 0) is 47.2 Å². The molecule has 2 aromatic carbocycles. The molecule has 0 radical (unpaired) electrons. The van der Waals surface area contributed by atoms with Gasteiger partial charge in [0.25, 0.3) is 0 Å². The summed E-state index contributed by atoms with van der Waals surface area (Å²) in [7, 11) is 0. The number of carbonyl (C=O) groups excluding carboxylic acids is 1. The van der Waals surface area contributed by atoms with Crippen LogP contribution in [0.4, 0.5) is 5.69 Å². The van der Waals surface area contributed by atoms with Crippen LogP contribution in [-0.4, -0.2) is 26.2 Å². The van der Waals surface area contributed by atoms with Crippen LogP contribution in [0, 0.1) is 5.41 Å². The molecule has 2 heterocycles. The zero-order chi connectivity index (χ0) is 19.6. The third-order valence-corrected chi connectivity index (χ3v) is 5.78. The summed E-state index contributed by atoms with van der Waals surface area (Å²) in [5.41, 5.74) is 5.13. The van der Waals surface area contributed by atoms with Crippen LogP contribution < -0.4 is 5.32 Å². The third-order valence-electron chi connectivity index (χ3n) is 5.78. The second kappa shape index (κ2) is 5.61. The average molecular weight is 375 g/mol. The van der Waals surface area contributed by atoms with Gasteiger partial charge in [-0.3, -0.25) is 9.89 Å². The standard InChI is InChI=1S/C22H21N3O3/c1-22(2)8-15-21(18(28)9-22)19(11-3-6-16(26)17(27)7-11)20-12-10-23-25-13(12)4-5-14(20)24-15/h3-7,10,19,24,26-27H,8-9H2,1-2H3,(H,23,25). The van der Waals surface area contributed by atoms with Crippen LogP contribution in [0.5, 0.6) is 11.5 Å². The molecule has 0 fully saturated rings. The number of aromatic nitrogens is 2. The van der Waals surface area contributed by atoms with Crippen molar-refractivity contribution in [3.05, 3.63) is 58.9 Å². The van der Waals surface area contributed by atoms with Gasteiger partial charge < -0.3 is 15.5 Å². The number of H-pyrrole nitrogens is 1. The van der Waals surface area contributed by atoms with E-state index in [2.05, 4.69) is 29.4 Å². The fourth-order valence-corrected chi connectivity index (χ4v) is 4.60. The number of carbonyl (C=O) groups is 1. The number of fused-ring (bicyclic) bond motifs is 3. The maximum atomic E-state index is 13.2. The van der Waals surface area contributed by atoms with Crippen molar-refractivity contribution < 1.29 is 15.0 Å². The summed E-state index contributed by atoms with van der Waals surface area (Å²) in [6.07, 6.45) is 3.02. The first-order valence-electron chi connectivity index (χ1n) is 9.35. The molecule has 5 rings (SSSR count). The number of aromatic amines is 1. The van der Waals surface area contributed by atoms with Crippen LogP contribution in [0.2, 0.25) is 0 Å². The quantitative estimate of drug-likeness (QED) is 0.479. The van der Waals surface area contributed by atoms with Crippen LogP contribution in [-0.2, 0) is 4.79 Å². The first kappa shape index (κ1) is 16.9. The molecule has 1 aliphatic carbocycles. The lowest BCUT2D eigenvalue weighted by Gasteiger charge is -2.39. The summed E-state index contributed by atoms with van der Waals surface area (Å²) < 4.78 is 0. The normalized spacial score (nSPS) is 20.6. The molecule has 6 nitrogen and oxygen atoms in total. The first-order valence-corrected chi connectivity index (χ1v) is 9.35. The van der Waals surface area contributed by atoms with E-state index < -0.39 is 0 Å². The molecule has 1 aliphatic heterocycles. The van der Waals surface area contributed by atoms with Crippen LogP contribution in [0.25, 0.3) is 10.9 Å². The van der Waals surface area contributed by atoms with Gasteiger partial charge in [-0.25, -0.2) is 0 Å². The van der Waals surface area contributed by atoms with Crippen LogP contribution >= 0.6 is 0 Å². The average Bonchev–Trinajstić information content (AvgIpc) is 3.10. The largest absolute Gasteiger partial charge is 0.504 e. The van der Waals surface area contributed by atoms with Crippen molar-refractivity contribution in [3.8, 4) is 11.5 Å². The second-order valence-electron chi connectivity index (χ2n) is 8.50. The summed E-state index contributed by atoms with van der Waals surface area (Å²) in [5, 5.41) is 31.5. The summed E-state index contributed by atoms with van der Waals surface area (Å²) >= 11 is 0. The number of Topliss-reactive ketones (excluding diaryl/α,β-unsaturated/α-hetero) is 1. The van der Waals surface area contributed by atoms with Crippen molar-refractivity contribution in [2.75, 3.05) is 5.32 Å². The number of nitrogens with zero attached hydrogens (tertiary/aromatic N) is 1. The molecule has 3 aromatic rings. The van der Waals surface area contributed by atoms with E-state index in [4.69, 9.17) is 0 Å². The van der Waals surface area contributed by atoms with Crippen molar-refractivity contribution in [2.24, 2.45) is 5.41 Å². The number of anilines is 1. The fourth-order valence-electron chi connectivity index (χ4n) is 4.60. The van der Waals surface area contributed by atoms with Gasteiger partial charge in [-0.2, -0.15) is 5.10 Å². The molecule has 4 N–H and O–H groups in total. The van der Waals surface area contributed by atoms with Gasteiger partial charge in [0.2, 0.25) is 0 Å². The minimum Gasteiger partial charge on any atom is -0.504 e. The van der Waals surface area contributed by atoms with E-state index in [0.717, 1.165) is 45.4 Å². The highest BCUT2D eigenvalue weighted by molar-refractivity contribution is 6.04. The Bertz CT molecular complexity index is 1170. The summed E-state index contributed by atoms with van der Waals surface area (Å²) in [4.78, 5) is 13.2. The second-order valence-corrected chi connectivity index (χ2v) is 8.50. The van der Waals surface area contributed by atoms with Crippen LogP contribution in [0.3, 0.4) is 0 Å². The van der Waals surface area contributed by atoms with E-state index in [0.29, 0.717) is 6.42 Å². The van der Waals surface area contributed by atoms with E-state index in [9.17, 15) is 15.0 Å². The molecule has 1 unspecified atom stereocenters. The minimum absolute atomic E-state index is 0.109. The molecule has 1 aromatic heterocycles. The van der Waals surface area contributed by atoms with E-state index >= 15 is 0 Å². The molecule has 28 heavy (non-hydrogen) atoms. The van der Waals surface area contributed by atoms with Gasteiger partial charge in [-0.15, -0.1) is 0 Å². The molecule has 0 amide bonds. The van der Waals surface area contributed by atoms with Crippen LogP contribution in [0.15, 0.2) is 47.8 Å². The summed E-state index contributed by atoms with van der Waals surface area (Å²) in [5.74, 6) is -0.586. The molecule has 6 heteroatoms. The predicted molar refractivity (Wildman–Crippen MR) is 106 cm³/mol. The lowest BCUT2D eigenvalue weighted by molar-refractivity contribution is -0.118. The Labute approximate surface area is 161 Å². The third kappa shape index (κ3) is 2.41. The molecule has 0 spiro atoms. The zero-order valence-corrected chi connectivity index (χ0v) is 15.7. The number of phenols is 2. The van der Waals surface area contributed by atoms with Gasteiger partial charge >= 0.3 is 0 Å². The molecular weight excluding hydrogens is 354 g/mol. The Balaban J connectivity index is 1.81. The molecule has 2 aliphatic rings. The monoisotopic (exact) mass is 375 g/mol. The lowest BCUT2D eigenvalue weighted by atomic mass is 9.68. The number of rotatable bonds is 1. The minimum atomic E-state index is -0.331. The number of nitrogens with one attached hydrogen (secondary N) is 2. The molecule has 0 bridgehead atoms. The molecule has 0 saturated heterocycles. The van der Waals surface area contributed by atoms with Gasteiger partial charge in [0, 0.05) is 34.7 Å². The number of allylic oxidation sites excluding steroid dienone is 2. The Morgan fingerprint density at radius 2 is 1.93 bits per heavy atom. The smallest absolute Gasteiger partial charge is 0.162 e. The zero-order valence-electron chi connectivity index (χ0n) is 15.7. The number of phenolic OH excluding ortho intramolecular Hbond substituents is 2. The highest BCUT2D eigenvalue weighted by Gasteiger charge is 2.41. The van der Waals surface area contributed by atoms with Crippen molar-refractivity contribution in [3.63, 3.8) is 0 Å². The lowest BCUT2D eigenvalue weighted by Crippen LogP contribution is -2.33. The summed E-state index contributed by atoms with van der Waals surface area (Å²) in [6, 6.07) is 8.76. The van der Waals surface area contributed by atoms with Gasteiger partial charge in [0.15, 0.2) is 17.3 Å². The van der Waals surface area contributed by atoms with E-state index in [1.54, 1.807) is 18.3 Å². The number of hydrogen-bond donors (Lipinski definition) is 4. The van der Waals surface area contributed by atoms with Crippen molar-refractivity contribution in [2.45, 2.75) is 32.6 Å². The van der Waals surface area contributed by atoms with E-state index in [1.165, 1.54) is 6.07 Å². The Morgan fingerprint density at radius 3 is 2.71 bits per heavy atom. The Kier molecular flexibility index (Phi) is 3.38. The number of hydrogen-bond acceptors (Lipinski definition) is 5. The van der Waals surface area contributed by atoms with Crippen LogP contribution in [0.1, 0.15) is 43.7 Å². The SMILES string of the molecule is CC1(C)CC(=O)C2=C(C1)Nc1ccc3[nH]ncc3c1C2c1ccc(O)c(O)c1. The maximum Gasteiger partial charge on any atom is 0.162 e. The van der Waals surface area contributed by atoms with E-state index in [-0.39, 0.29) is 28.6 Å². The van der Waals surface area contributed by atoms with Crippen molar-refractivity contribution in [1.82, 2.24) is 10.2 Å². The molecule has 142 valence electrons.